The van der Waals surface area contributed by atoms with Crippen molar-refractivity contribution in [3.8, 4) is 0 Å². The third-order valence-corrected chi connectivity index (χ3v) is 5.78. The van der Waals surface area contributed by atoms with Crippen LogP contribution in [0.2, 0.25) is 0 Å². The highest BCUT2D eigenvalue weighted by molar-refractivity contribution is 8.15. The Balaban J connectivity index is 1.70. The zero-order valence-corrected chi connectivity index (χ0v) is 17.5. The number of benzene rings is 2. The van der Waals surface area contributed by atoms with Crippen LogP contribution in [0.25, 0.3) is 0 Å². The predicted octanol–water partition coefficient (Wildman–Crippen LogP) is 4.70. The smallest absolute Gasteiger partial charge is 0.242 e. The van der Waals surface area contributed by atoms with Crippen LogP contribution in [0.4, 0.5) is 11.4 Å². The average Bonchev–Trinajstić information content (AvgIpc) is 2.99. The Morgan fingerprint density at radius 3 is 2.52 bits per heavy atom. The first-order valence-corrected chi connectivity index (χ1v) is 10.5. The van der Waals surface area contributed by atoms with Crippen molar-refractivity contribution in [3.63, 3.8) is 0 Å². The van der Waals surface area contributed by atoms with Gasteiger partial charge in [-0.3, -0.25) is 14.5 Å². The maximum Gasteiger partial charge on any atom is 0.242 e. The highest BCUT2D eigenvalue weighted by atomic mass is 32.2. The highest BCUT2D eigenvalue weighted by Gasteiger charge is 2.38. The number of nitrogens with zero attached hydrogens (tertiary/aromatic N) is 2. The number of nitrogens with one attached hydrogen (secondary N) is 1. The fourth-order valence-electron chi connectivity index (χ4n) is 2.96. The first kappa shape index (κ1) is 20.9. The molecule has 1 saturated heterocycles. The van der Waals surface area contributed by atoms with Gasteiger partial charge in [0.05, 0.1) is 5.69 Å². The summed E-state index contributed by atoms with van der Waals surface area (Å²) < 4.78 is 0. The largest absolute Gasteiger partial charge is 0.326 e. The van der Waals surface area contributed by atoms with Gasteiger partial charge in [0.15, 0.2) is 5.17 Å². The molecule has 0 spiro atoms. The number of amides is 2. The van der Waals surface area contributed by atoms with Gasteiger partial charge >= 0.3 is 0 Å². The molecular formula is C23H25N3O2S. The van der Waals surface area contributed by atoms with Gasteiger partial charge in [-0.2, -0.15) is 0 Å². The van der Waals surface area contributed by atoms with Gasteiger partial charge in [-0.1, -0.05) is 54.6 Å². The molecule has 0 radical (unpaired) electrons. The molecular weight excluding hydrogens is 382 g/mol. The molecule has 1 aliphatic heterocycles. The first-order valence-electron chi connectivity index (χ1n) is 9.63. The molecule has 1 fully saturated rings. The molecule has 2 aromatic carbocycles. The number of amidine groups is 1. The molecule has 1 aliphatic rings. The third-order valence-electron chi connectivity index (χ3n) is 4.61. The minimum atomic E-state index is -0.492. The molecule has 5 nitrogen and oxygen atoms in total. The number of thioether (sulfide) groups is 1. The zero-order valence-electron chi connectivity index (χ0n) is 16.7. The van der Waals surface area contributed by atoms with Crippen LogP contribution in [0.15, 0.2) is 66.2 Å². The van der Waals surface area contributed by atoms with Crippen LogP contribution in [0, 0.1) is 6.92 Å². The fourth-order valence-corrected chi connectivity index (χ4v) is 4.12. The van der Waals surface area contributed by atoms with E-state index in [9.17, 15) is 9.59 Å². The summed E-state index contributed by atoms with van der Waals surface area (Å²) in [4.78, 5) is 31.5. The molecule has 6 heteroatoms. The maximum absolute atomic E-state index is 12.8. The van der Waals surface area contributed by atoms with E-state index in [1.807, 2.05) is 55.5 Å². The van der Waals surface area contributed by atoms with E-state index < -0.39 is 5.25 Å². The molecule has 1 N–H and O–H groups in total. The first-order chi connectivity index (χ1) is 14.0. The van der Waals surface area contributed by atoms with Crippen LogP contribution in [0.5, 0.6) is 0 Å². The summed E-state index contributed by atoms with van der Waals surface area (Å²) in [6, 6.07) is 15.5. The molecule has 29 heavy (non-hydrogen) atoms. The van der Waals surface area contributed by atoms with Crippen LogP contribution < -0.4 is 5.32 Å². The maximum atomic E-state index is 12.8. The predicted molar refractivity (Wildman–Crippen MR) is 121 cm³/mol. The molecule has 0 aromatic heterocycles. The number of aryl methyl sites for hydroxylation is 2. The molecule has 1 heterocycles. The Bertz CT molecular complexity index is 920. The van der Waals surface area contributed by atoms with E-state index in [-0.39, 0.29) is 18.2 Å². The van der Waals surface area contributed by atoms with E-state index in [1.165, 1.54) is 17.3 Å². The summed E-state index contributed by atoms with van der Waals surface area (Å²) >= 11 is 1.33. The van der Waals surface area contributed by atoms with Gasteiger partial charge in [-0.15, -0.1) is 6.58 Å². The Hall–Kier alpha value is -2.86. The van der Waals surface area contributed by atoms with Crippen molar-refractivity contribution in [2.45, 2.75) is 31.9 Å². The van der Waals surface area contributed by atoms with Crippen LogP contribution in [-0.4, -0.2) is 33.7 Å². The minimum Gasteiger partial charge on any atom is -0.326 e. The molecule has 2 aromatic rings. The third kappa shape index (κ3) is 5.35. The van der Waals surface area contributed by atoms with E-state index in [1.54, 1.807) is 11.0 Å². The van der Waals surface area contributed by atoms with Crippen molar-refractivity contribution in [1.82, 2.24) is 4.90 Å². The van der Waals surface area contributed by atoms with Crippen molar-refractivity contribution in [1.29, 1.82) is 0 Å². The minimum absolute atomic E-state index is 0.0968. The molecule has 0 unspecified atom stereocenters. The van der Waals surface area contributed by atoms with E-state index in [0.29, 0.717) is 11.7 Å². The van der Waals surface area contributed by atoms with Gasteiger partial charge < -0.3 is 5.32 Å². The summed E-state index contributed by atoms with van der Waals surface area (Å²) in [5.74, 6) is -0.299. The van der Waals surface area contributed by atoms with Crippen LogP contribution >= 0.6 is 11.8 Å². The summed E-state index contributed by atoms with van der Waals surface area (Å²) in [5, 5.41) is 2.98. The zero-order chi connectivity index (χ0) is 20.8. The summed E-state index contributed by atoms with van der Waals surface area (Å²) in [6.07, 6.45) is 2.71. The Kier molecular flexibility index (Phi) is 6.88. The van der Waals surface area contributed by atoms with Crippen molar-refractivity contribution in [2.75, 3.05) is 11.9 Å². The monoisotopic (exact) mass is 407 g/mol. The van der Waals surface area contributed by atoms with Gasteiger partial charge in [0.1, 0.15) is 5.25 Å². The number of hydrogen-bond donors (Lipinski definition) is 1. The fraction of sp³-hybridized carbons (Fsp3) is 0.261. The molecule has 150 valence electrons. The SMILES string of the molecule is C=CCN1C(=O)[C@@H](CC(=O)Nc2ccc(CC)cc2)SC1=Nc1ccc(C)cc1. The van der Waals surface area contributed by atoms with Crippen LogP contribution in [-0.2, 0) is 16.0 Å². The lowest BCUT2D eigenvalue weighted by Crippen LogP contribution is -2.33. The van der Waals surface area contributed by atoms with Crippen LogP contribution in [0.1, 0.15) is 24.5 Å². The lowest BCUT2D eigenvalue weighted by atomic mass is 10.1. The second-order valence-corrected chi connectivity index (χ2v) is 8.05. The summed E-state index contributed by atoms with van der Waals surface area (Å²) in [5.41, 5.74) is 3.87. The Labute approximate surface area is 175 Å². The quantitative estimate of drug-likeness (QED) is 0.677. The molecule has 3 rings (SSSR count). The molecule has 0 aliphatic carbocycles. The van der Waals surface area contributed by atoms with Gasteiger partial charge in [0.25, 0.3) is 0 Å². The summed E-state index contributed by atoms with van der Waals surface area (Å²) in [7, 11) is 0. The number of carbonyl (C=O) groups excluding carboxylic acids is 2. The van der Waals surface area contributed by atoms with E-state index in [4.69, 9.17) is 0 Å². The van der Waals surface area contributed by atoms with E-state index in [2.05, 4.69) is 23.8 Å². The second kappa shape index (κ2) is 9.56. The van der Waals surface area contributed by atoms with Gasteiger partial charge in [-0.25, -0.2) is 4.99 Å². The van der Waals surface area contributed by atoms with Crippen molar-refractivity contribution in [3.05, 3.63) is 72.3 Å². The van der Waals surface area contributed by atoms with Crippen molar-refractivity contribution in [2.24, 2.45) is 4.99 Å². The van der Waals surface area contributed by atoms with Crippen molar-refractivity contribution >= 4 is 40.1 Å². The number of hydrogen-bond acceptors (Lipinski definition) is 4. The number of anilines is 1. The standard InChI is InChI=1S/C23H25N3O2S/c1-4-14-26-22(28)20(29-23(26)25-19-10-6-16(3)7-11-19)15-21(27)24-18-12-8-17(5-2)9-13-18/h4,6-13,20H,1,5,14-15H2,2-3H3,(H,24,27)/t20-/m1/s1. The van der Waals surface area contributed by atoms with Gasteiger partial charge in [0.2, 0.25) is 11.8 Å². The molecule has 1 atom stereocenters. The van der Waals surface area contributed by atoms with Crippen LogP contribution in [0.3, 0.4) is 0 Å². The van der Waals surface area contributed by atoms with E-state index >= 15 is 0 Å². The summed E-state index contributed by atoms with van der Waals surface area (Å²) in [6.45, 7) is 8.20. The van der Waals surface area contributed by atoms with Crippen molar-refractivity contribution < 1.29 is 9.59 Å². The topological polar surface area (TPSA) is 61.8 Å². The van der Waals surface area contributed by atoms with Gasteiger partial charge in [0, 0.05) is 18.7 Å². The Morgan fingerprint density at radius 2 is 1.90 bits per heavy atom. The highest BCUT2D eigenvalue weighted by Crippen LogP contribution is 2.32. The molecule has 0 bridgehead atoms. The second-order valence-electron chi connectivity index (χ2n) is 6.88. The van der Waals surface area contributed by atoms with E-state index in [0.717, 1.165) is 23.4 Å². The molecule has 2 amide bonds. The Morgan fingerprint density at radius 1 is 1.21 bits per heavy atom. The number of rotatable bonds is 7. The molecule has 0 saturated carbocycles. The van der Waals surface area contributed by atoms with Gasteiger partial charge in [-0.05, 0) is 43.2 Å². The lowest BCUT2D eigenvalue weighted by molar-refractivity contribution is -0.127. The lowest BCUT2D eigenvalue weighted by Gasteiger charge is -2.13. The number of carbonyl (C=O) groups is 2. The normalized spacial score (nSPS) is 17.6. The average molecular weight is 408 g/mol. The number of aliphatic imine (C=N–C) groups is 1.